The molecular weight excluding hydrogens is 240 g/mol. The number of hydrogen-bond acceptors (Lipinski definition) is 2. The molecule has 0 fully saturated rings. The zero-order chi connectivity index (χ0) is 10.4. The molecule has 0 amide bonds. The van der Waals surface area contributed by atoms with Crippen molar-refractivity contribution in [2.75, 3.05) is 5.32 Å². The van der Waals surface area contributed by atoms with Crippen LogP contribution in [0.1, 0.15) is 33.1 Å². The molecule has 1 aromatic rings. The fourth-order valence-corrected chi connectivity index (χ4v) is 1.68. The quantitative estimate of drug-likeness (QED) is 0.866. The lowest BCUT2D eigenvalue weighted by atomic mass is 10.1. The van der Waals surface area contributed by atoms with E-state index in [1.165, 1.54) is 19.3 Å². The van der Waals surface area contributed by atoms with E-state index >= 15 is 0 Å². The summed E-state index contributed by atoms with van der Waals surface area (Å²) in [5.41, 5.74) is 0. The van der Waals surface area contributed by atoms with Crippen molar-refractivity contribution in [1.82, 2.24) is 4.98 Å². The summed E-state index contributed by atoms with van der Waals surface area (Å²) in [7, 11) is 0. The van der Waals surface area contributed by atoms with Gasteiger partial charge in [0, 0.05) is 12.2 Å². The van der Waals surface area contributed by atoms with Crippen LogP contribution in [0.25, 0.3) is 0 Å². The summed E-state index contributed by atoms with van der Waals surface area (Å²) in [4.78, 5) is 4.27. The highest BCUT2D eigenvalue weighted by atomic mass is 79.9. The third-order valence-electron chi connectivity index (χ3n) is 2.13. The van der Waals surface area contributed by atoms with Gasteiger partial charge < -0.3 is 5.32 Å². The van der Waals surface area contributed by atoms with Gasteiger partial charge in [-0.1, -0.05) is 19.8 Å². The van der Waals surface area contributed by atoms with Crippen LogP contribution in [0.4, 0.5) is 5.82 Å². The Labute approximate surface area is 94.3 Å². The summed E-state index contributed by atoms with van der Waals surface area (Å²) >= 11 is 3.47. The molecule has 0 aliphatic rings. The van der Waals surface area contributed by atoms with E-state index in [-0.39, 0.29) is 0 Å². The van der Waals surface area contributed by atoms with Gasteiger partial charge in [-0.3, -0.25) is 0 Å². The Morgan fingerprint density at radius 3 is 3.00 bits per heavy atom. The molecule has 2 nitrogen and oxygen atoms in total. The second-order valence-corrected chi connectivity index (χ2v) is 4.38. The Morgan fingerprint density at radius 2 is 2.36 bits per heavy atom. The number of aromatic nitrogens is 1. The van der Waals surface area contributed by atoms with E-state index in [1.807, 2.05) is 12.1 Å². The molecule has 1 N–H and O–H groups in total. The van der Waals surface area contributed by atoms with Crippen LogP contribution < -0.4 is 5.32 Å². The maximum Gasteiger partial charge on any atom is 0.140 e. The fourth-order valence-electron chi connectivity index (χ4n) is 1.31. The molecule has 0 aliphatic carbocycles. The van der Waals surface area contributed by atoms with Crippen LogP contribution >= 0.6 is 15.9 Å². The molecule has 1 atom stereocenters. The average Bonchev–Trinajstić information content (AvgIpc) is 2.18. The Balaban J connectivity index is 2.47. The fraction of sp³-hybridized carbons (Fsp3) is 0.545. The number of rotatable bonds is 5. The smallest absolute Gasteiger partial charge is 0.140 e. The maximum absolute atomic E-state index is 4.27. The summed E-state index contributed by atoms with van der Waals surface area (Å²) in [6.07, 6.45) is 5.51. The number of nitrogens with one attached hydrogen (secondary N) is 1. The Kier molecular flexibility index (Phi) is 4.94. The zero-order valence-electron chi connectivity index (χ0n) is 8.76. The molecule has 0 spiro atoms. The van der Waals surface area contributed by atoms with Gasteiger partial charge in [0.1, 0.15) is 5.82 Å². The first-order chi connectivity index (χ1) is 6.74. The Hall–Kier alpha value is -0.570. The summed E-state index contributed by atoms with van der Waals surface area (Å²) in [6.45, 7) is 4.40. The van der Waals surface area contributed by atoms with Gasteiger partial charge in [0.05, 0.1) is 4.47 Å². The first kappa shape index (κ1) is 11.5. The minimum atomic E-state index is 0.487. The predicted molar refractivity (Wildman–Crippen MR) is 64.5 cm³/mol. The van der Waals surface area contributed by atoms with Gasteiger partial charge in [0.2, 0.25) is 0 Å². The van der Waals surface area contributed by atoms with E-state index in [9.17, 15) is 0 Å². The highest BCUT2D eigenvalue weighted by Crippen LogP contribution is 2.19. The number of hydrogen-bond donors (Lipinski definition) is 1. The van der Waals surface area contributed by atoms with Crippen LogP contribution in [-0.4, -0.2) is 11.0 Å². The van der Waals surface area contributed by atoms with Crippen LogP contribution in [0, 0.1) is 0 Å². The molecule has 0 saturated carbocycles. The zero-order valence-corrected chi connectivity index (χ0v) is 10.3. The van der Waals surface area contributed by atoms with Gasteiger partial charge in [0.25, 0.3) is 0 Å². The number of anilines is 1. The molecule has 0 aliphatic heterocycles. The van der Waals surface area contributed by atoms with Crippen molar-refractivity contribution in [2.24, 2.45) is 0 Å². The molecule has 1 unspecified atom stereocenters. The van der Waals surface area contributed by atoms with Crippen molar-refractivity contribution in [3.05, 3.63) is 22.8 Å². The predicted octanol–water partition coefficient (Wildman–Crippen LogP) is 3.83. The van der Waals surface area contributed by atoms with Gasteiger partial charge >= 0.3 is 0 Å². The lowest BCUT2D eigenvalue weighted by Gasteiger charge is -2.14. The van der Waals surface area contributed by atoms with Crippen molar-refractivity contribution >= 4 is 21.7 Å². The minimum Gasteiger partial charge on any atom is -0.367 e. The third kappa shape index (κ3) is 3.66. The highest BCUT2D eigenvalue weighted by molar-refractivity contribution is 9.10. The molecule has 0 radical (unpaired) electrons. The number of pyridine rings is 1. The lowest BCUT2D eigenvalue weighted by molar-refractivity contribution is 0.643. The molecule has 0 saturated heterocycles. The molecule has 0 aromatic carbocycles. The Morgan fingerprint density at radius 1 is 1.57 bits per heavy atom. The standard InChI is InChI=1S/C11H17BrN2/c1-3-4-6-9(2)14-11-10(12)7-5-8-13-11/h5,7-9H,3-4,6H2,1-2H3,(H,13,14). The average molecular weight is 257 g/mol. The van der Waals surface area contributed by atoms with E-state index < -0.39 is 0 Å². The van der Waals surface area contributed by atoms with Crippen molar-refractivity contribution in [2.45, 2.75) is 39.2 Å². The van der Waals surface area contributed by atoms with Crippen LogP contribution in [0.15, 0.2) is 22.8 Å². The van der Waals surface area contributed by atoms with E-state index in [1.54, 1.807) is 6.20 Å². The van der Waals surface area contributed by atoms with Crippen molar-refractivity contribution < 1.29 is 0 Å². The van der Waals surface area contributed by atoms with Gasteiger partial charge in [-0.15, -0.1) is 0 Å². The van der Waals surface area contributed by atoms with Crippen molar-refractivity contribution in [3.8, 4) is 0 Å². The molecule has 0 bridgehead atoms. The first-order valence-corrected chi connectivity index (χ1v) is 5.90. The maximum atomic E-state index is 4.27. The highest BCUT2D eigenvalue weighted by Gasteiger charge is 2.04. The van der Waals surface area contributed by atoms with Gasteiger partial charge in [-0.2, -0.15) is 0 Å². The molecular formula is C11H17BrN2. The summed E-state index contributed by atoms with van der Waals surface area (Å²) in [5.74, 6) is 0.941. The van der Waals surface area contributed by atoms with Crippen molar-refractivity contribution in [3.63, 3.8) is 0 Å². The summed E-state index contributed by atoms with van der Waals surface area (Å²) in [6, 6.07) is 4.41. The van der Waals surface area contributed by atoms with Crippen LogP contribution in [0.3, 0.4) is 0 Å². The third-order valence-corrected chi connectivity index (χ3v) is 2.77. The normalized spacial score (nSPS) is 12.5. The van der Waals surface area contributed by atoms with Gasteiger partial charge in [-0.05, 0) is 41.4 Å². The largest absolute Gasteiger partial charge is 0.367 e. The summed E-state index contributed by atoms with van der Waals surface area (Å²) in [5, 5.41) is 3.39. The van der Waals surface area contributed by atoms with Crippen molar-refractivity contribution in [1.29, 1.82) is 0 Å². The molecule has 78 valence electrons. The van der Waals surface area contributed by atoms with Gasteiger partial charge in [0.15, 0.2) is 0 Å². The monoisotopic (exact) mass is 256 g/mol. The summed E-state index contributed by atoms with van der Waals surface area (Å²) < 4.78 is 1.03. The van der Waals surface area contributed by atoms with E-state index in [0.29, 0.717) is 6.04 Å². The number of nitrogens with zero attached hydrogens (tertiary/aromatic N) is 1. The van der Waals surface area contributed by atoms with E-state index in [2.05, 4.69) is 40.1 Å². The van der Waals surface area contributed by atoms with Crippen LogP contribution in [0.2, 0.25) is 0 Å². The SMILES string of the molecule is CCCCC(C)Nc1ncccc1Br. The topological polar surface area (TPSA) is 24.9 Å². The van der Waals surface area contributed by atoms with Crippen LogP contribution in [-0.2, 0) is 0 Å². The lowest BCUT2D eigenvalue weighted by Crippen LogP contribution is -2.15. The van der Waals surface area contributed by atoms with Crippen LogP contribution in [0.5, 0.6) is 0 Å². The van der Waals surface area contributed by atoms with E-state index in [4.69, 9.17) is 0 Å². The number of halogens is 1. The molecule has 14 heavy (non-hydrogen) atoms. The van der Waals surface area contributed by atoms with E-state index in [0.717, 1.165) is 10.3 Å². The molecule has 1 aromatic heterocycles. The first-order valence-electron chi connectivity index (χ1n) is 5.11. The Bertz CT molecular complexity index is 276. The molecule has 1 heterocycles. The second-order valence-electron chi connectivity index (χ2n) is 3.52. The number of unbranched alkanes of at least 4 members (excludes halogenated alkanes) is 1. The second kappa shape index (κ2) is 6.02. The van der Waals surface area contributed by atoms with Gasteiger partial charge in [-0.25, -0.2) is 4.98 Å². The molecule has 3 heteroatoms. The molecule has 1 rings (SSSR count). The minimum absolute atomic E-state index is 0.487.